The Hall–Kier alpha value is -0.570. The summed E-state index contributed by atoms with van der Waals surface area (Å²) in [4.78, 5) is 10.8. The molecule has 1 amide bonds. The molecule has 1 fully saturated rings. The van der Waals surface area contributed by atoms with E-state index in [1.165, 1.54) is 12.8 Å². The molecule has 0 unspecified atom stereocenters. The Morgan fingerprint density at radius 2 is 1.56 bits per heavy atom. The summed E-state index contributed by atoms with van der Waals surface area (Å²) in [6.45, 7) is 12.1. The Labute approximate surface area is 101 Å². The third kappa shape index (κ3) is 7.69. The van der Waals surface area contributed by atoms with E-state index >= 15 is 0 Å². The van der Waals surface area contributed by atoms with E-state index in [4.69, 9.17) is 4.74 Å². The number of carbonyl (C=O) groups excluding carboxylic acids is 1. The average Bonchev–Trinajstić information content (AvgIpc) is 2.70. The van der Waals surface area contributed by atoms with Crippen LogP contribution in [0.15, 0.2) is 0 Å². The predicted octanol–water partition coefficient (Wildman–Crippen LogP) is 2.85. The first-order valence-corrected chi connectivity index (χ1v) is 6.30. The number of ether oxygens (including phenoxy) is 1. The van der Waals surface area contributed by atoms with Crippen LogP contribution in [0.3, 0.4) is 0 Å². The minimum absolute atomic E-state index is 0. The Morgan fingerprint density at radius 1 is 1.12 bits per heavy atom. The molecule has 3 heteroatoms. The van der Waals surface area contributed by atoms with Crippen LogP contribution < -0.4 is 5.32 Å². The van der Waals surface area contributed by atoms with Crippen molar-refractivity contribution in [1.29, 1.82) is 0 Å². The maximum absolute atomic E-state index is 10.8. The van der Waals surface area contributed by atoms with Crippen molar-refractivity contribution < 1.29 is 11.0 Å². The van der Waals surface area contributed by atoms with Crippen LogP contribution in [0.4, 0.5) is 0 Å². The van der Waals surface area contributed by atoms with Gasteiger partial charge in [-0.2, -0.15) is 0 Å². The molecule has 1 N–H and O–H groups in total. The van der Waals surface area contributed by atoms with E-state index in [9.17, 15) is 4.79 Å². The smallest absolute Gasteiger partial charge is 0.217 e. The predicted molar refractivity (Wildman–Crippen MR) is 69.4 cm³/mol. The molecule has 3 nitrogen and oxygen atoms in total. The van der Waals surface area contributed by atoms with Gasteiger partial charge in [0.15, 0.2) is 0 Å². The molecule has 0 aromatic carbocycles. The molecule has 0 atom stereocenters. The molecule has 0 aliphatic carbocycles. The van der Waals surface area contributed by atoms with Gasteiger partial charge in [0.2, 0.25) is 5.91 Å². The summed E-state index contributed by atoms with van der Waals surface area (Å²) in [5, 5.41) is 2.94. The largest absolute Gasteiger partial charge is 0.381 e. The number of hydrogen-bond acceptors (Lipinski definition) is 2. The summed E-state index contributed by atoms with van der Waals surface area (Å²) in [6, 6.07) is 0.312. The first kappa shape index (κ1) is 15.4. The van der Waals surface area contributed by atoms with Crippen LogP contribution >= 0.6 is 0 Å². The zero-order chi connectivity index (χ0) is 12.6. The van der Waals surface area contributed by atoms with Crippen molar-refractivity contribution in [3.63, 3.8) is 0 Å². The highest BCUT2D eigenvalue weighted by Gasteiger charge is 2.17. The Balaban J connectivity index is 0. The van der Waals surface area contributed by atoms with Crippen molar-refractivity contribution >= 4 is 5.91 Å². The first-order chi connectivity index (χ1) is 7.45. The Kier molecular flexibility index (Phi) is 8.26. The van der Waals surface area contributed by atoms with Gasteiger partial charge in [-0.25, -0.2) is 0 Å². The van der Waals surface area contributed by atoms with Crippen LogP contribution in [0.2, 0.25) is 0 Å². The molecular formula is C13H29NO2. The van der Waals surface area contributed by atoms with Crippen LogP contribution in [-0.4, -0.2) is 25.2 Å². The van der Waals surface area contributed by atoms with Crippen LogP contribution in [0.1, 0.15) is 48.9 Å². The summed E-state index contributed by atoms with van der Waals surface area (Å²) in [5.41, 5.74) is 0. The van der Waals surface area contributed by atoms with Crippen molar-refractivity contribution in [3.05, 3.63) is 0 Å². The number of amides is 1. The second-order valence-corrected chi connectivity index (χ2v) is 5.03. The van der Waals surface area contributed by atoms with Gasteiger partial charge in [0.1, 0.15) is 0 Å². The van der Waals surface area contributed by atoms with Crippen molar-refractivity contribution in [2.45, 2.75) is 53.5 Å². The molecule has 0 aromatic heterocycles. The minimum atomic E-state index is 0. The fourth-order valence-electron chi connectivity index (χ4n) is 1.85. The van der Waals surface area contributed by atoms with Crippen molar-refractivity contribution in [2.75, 3.05) is 13.2 Å². The molecule has 0 bridgehead atoms. The first-order valence-electron chi connectivity index (χ1n) is 6.30. The lowest BCUT2D eigenvalue weighted by Crippen LogP contribution is -2.40. The fourth-order valence-corrected chi connectivity index (χ4v) is 1.85. The molecule has 16 heavy (non-hydrogen) atoms. The lowest BCUT2D eigenvalue weighted by molar-refractivity contribution is -0.120. The summed E-state index contributed by atoms with van der Waals surface area (Å²) in [6.07, 6.45) is 2.56. The van der Waals surface area contributed by atoms with Crippen molar-refractivity contribution in [1.82, 2.24) is 5.32 Å². The van der Waals surface area contributed by atoms with E-state index in [0.29, 0.717) is 17.9 Å². The summed E-state index contributed by atoms with van der Waals surface area (Å²) >= 11 is 0. The lowest BCUT2D eigenvalue weighted by atomic mass is 9.93. The van der Waals surface area contributed by atoms with Gasteiger partial charge < -0.3 is 10.1 Å². The van der Waals surface area contributed by atoms with Crippen molar-refractivity contribution in [2.24, 2.45) is 11.8 Å². The van der Waals surface area contributed by atoms with E-state index in [0.717, 1.165) is 13.2 Å². The van der Waals surface area contributed by atoms with E-state index in [1.54, 1.807) is 6.92 Å². The maximum Gasteiger partial charge on any atom is 0.217 e. The van der Waals surface area contributed by atoms with Gasteiger partial charge in [0, 0.05) is 27.6 Å². The zero-order valence-corrected chi connectivity index (χ0v) is 11.4. The highest BCUT2D eigenvalue weighted by Crippen LogP contribution is 2.11. The van der Waals surface area contributed by atoms with Crippen molar-refractivity contribution in [3.8, 4) is 0 Å². The van der Waals surface area contributed by atoms with Crippen LogP contribution in [0.5, 0.6) is 0 Å². The Morgan fingerprint density at radius 3 is 1.69 bits per heavy atom. The Bertz CT molecular complexity index is 176. The van der Waals surface area contributed by atoms with Gasteiger partial charge in [-0.3, -0.25) is 4.79 Å². The minimum Gasteiger partial charge on any atom is -0.381 e. The number of nitrogens with one attached hydrogen (secondary N) is 1. The van der Waals surface area contributed by atoms with E-state index in [1.807, 2.05) is 0 Å². The molecule has 0 radical (unpaired) electrons. The van der Waals surface area contributed by atoms with Gasteiger partial charge in [-0.1, -0.05) is 27.7 Å². The van der Waals surface area contributed by atoms with Crippen LogP contribution in [-0.2, 0) is 9.53 Å². The molecule has 0 saturated carbocycles. The highest BCUT2D eigenvalue weighted by molar-refractivity contribution is 5.73. The van der Waals surface area contributed by atoms with Gasteiger partial charge in [-0.05, 0) is 24.7 Å². The molecule has 98 valence electrons. The summed E-state index contributed by atoms with van der Waals surface area (Å²) in [5.74, 6) is 1.09. The van der Waals surface area contributed by atoms with Crippen LogP contribution in [0.25, 0.3) is 0 Å². The highest BCUT2D eigenvalue weighted by atomic mass is 16.5. The normalized spacial score (nSPS) is 15.2. The topological polar surface area (TPSA) is 38.3 Å². The molecule has 1 saturated heterocycles. The van der Waals surface area contributed by atoms with E-state index in [-0.39, 0.29) is 7.33 Å². The SMILES string of the molecule is C1CCOC1.CC(=O)NC(C(C)C)C(C)C.[HH]. The standard InChI is InChI=1S/C9H19NO.C4H8O.H2/c1-6(2)9(7(3)4)10-8(5)11;1-2-4-5-3-1;/h6-7,9H,1-5H3,(H,10,11);1-4H2;1H. The molecule has 1 rings (SSSR count). The quantitative estimate of drug-likeness (QED) is 0.811. The maximum atomic E-state index is 10.8. The van der Waals surface area contributed by atoms with Gasteiger partial charge >= 0.3 is 0 Å². The summed E-state index contributed by atoms with van der Waals surface area (Å²) < 4.78 is 4.94. The third-order valence-electron chi connectivity index (χ3n) is 2.63. The monoisotopic (exact) mass is 231 g/mol. The fraction of sp³-hybridized carbons (Fsp3) is 0.923. The number of hydrogen-bond donors (Lipinski definition) is 1. The van der Waals surface area contributed by atoms with Gasteiger partial charge in [0.25, 0.3) is 0 Å². The molecule has 1 aliphatic heterocycles. The number of rotatable bonds is 3. The van der Waals surface area contributed by atoms with E-state index < -0.39 is 0 Å². The molecule has 1 aliphatic rings. The lowest BCUT2D eigenvalue weighted by Gasteiger charge is -2.25. The van der Waals surface area contributed by atoms with Crippen LogP contribution in [0, 0.1) is 11.8 Å². The zero-order valence-electron chi connectivity index (χ0n) is 11.4. The molecule has 0 aromatic rings. The second kappa shape index (κ2) is 8.57. The second-order valence-electron chi connectivity index (χ2n) is 5.03. The third-order valence-corrected chi connectivity index (χ3v) is 2.63. The number of carbonyl (C=O) groups is 1. The summed E-state index contributed by atoms with van der Waals surface area (Å²) in [7, 11) is 0. The van der Waals surface area contributed by atoms with E-state index in [2.05, 4.69) is 33.0 Å². The molecule has 0 spiro atoms. The van der Waals surface area contributed by atoms with Gasteiger partial charge in [-0.15, -0.1) is 0 Å². The molecular weight excluding hydrogens is 202 g/mol. The molecule has 1 heterocycles. The average molecular weight is 231 g/mol. The van der Waals surface area contributed by atoms with Gasteiger partial charge in [0.05, 0.1) is 0 Å².